The normalized spacial score (nSPS) is 8.23. The summed E-state index contributed by atoms with van der Waals surface area (Å²) in [6.07, 6.45) is -0.0938. The number of carbonyl (C=O) groups is 1. The molecule has 0 radical (unpaired) electrons. The van der Waals surface area contributed by atoms with Gasteiger partial charge in [0, 0.05) is 11.3 Å². The molecule has 0 aliphatic carbocycles. The van der Waals surface area contributed by atoms with Crippen LogP contribution in [0, 0.1) is 11.3 Å². The molecule has 1 aromatic carbocycles. The summed E-state index contributed by atoms with van der Waals surface area (Å²) in [5.74, 6) is -0.190. The van der Waals surface area contributed by atoms with Gasteiger partial charge in [0.05, 0.1) is 12.5 Å². The van der Waals surface area contributed by atoms with E-state index in [0.29, 0.717) is 11.3 Å². The van der Waals surface area contributed by atoms with Crippen LogP contribution in [0.1, 0.15) is 16.8 Å². The molecule has 0 unspecified atom stereocenters. The summed E-state index contributed by atoms with van der Waals surface area (Å²) in [5.41, 5.74) is 6.49. The zero-order valence-corrected chi connectivity index (χ0v) is 7.67. The van der Waals surface area contributed by atoms with Crippen LogP contribution in [0.5, 0.6) is 0 Å². The van der Waals surface area contributed by atoms with Crippen molar-refractivity contribution in [2.45, 2.75) is 6.42 Å². The number of Topliss-reactive ketones (excluding diaryl/α,β-unsaturated/α-hetero) is 1. The quantitative estimate of drug-likeness (QED) is 0.579. The van der Waals surface area contributed by atoms with Crippen molar-refractivity contribution >= 4 is 23.9 Å². The van der Waals surface area contributed by atoms with Crippen molar-refractivity contribution in [3.05, 3.63) is 29.8 Å². The summed E-state index contributed by atoms with van der Waals surface area (Å²) < 4.78 is 0. The Labute approximate surface area is 82.6 Å². The van der Waals surface area contributed by atoms with E-state index < -0.39 is 0 Å². The number of nitriles is 1. The summed E-state index contributed by atoms with van der Waals surface area (Å²) in [4.78, 5) is 11.1. The third kappa shape index (κ3) is 3.14. The maximum absolute atomic E-state index is 11.1. The third-order valence-electron chi connectivity index (χ3n) is 1.45. The van der Waals surface area contributed by atoms with Crippen molar-refractivity contribution in [2.75, 3.05) is 5.73 Å². The second-order valence-electron chi connectivity index (χ2n) is 2.38. The van der Waals surface area contributed by atoms with Crippen LogP contribution < -0.4 is 5.73 Å². The Morgan fingerprint density at radius 3 is 2.77 bits per heavy atom. The van der Waals surface area contributed by atoms with E-state index in [2.05, 4.69) is 0 Å². The number of benzene rings is 1. The van der Waals surface area contributed by atoms with Gasteiger partial charge in [0.1, 0.15) is 0 Å². The van der Waals surface area contributed by atoms with E-state index in [9.17, 15) is 4.79 Å². The smallest absolute Gasteiger partial charge is 0.176 e. The van der Waals surface area contributed by atoms with Gasteiger partial charge in [-0.25, -0.2) is 0 Å². The fourth-order valence-corrected chi connectivity index (χ4v) is 0.886. The molecule has 0 aliphatic rings. The summed E-state index contributed by atoms with van der Waals surface area (Å²) in [7, 11) is 0. The van der Waals surface area contributed by atoms with Gasteiger partial charge in [-0.1, -0.05) is 12.1 Å². The molecule has 0 fully saturated rings. The van der Waals surface area contributed by atoms with Crippen molar-refractivity contribution in [1.29, 1.82) is 5.26 Å². The lowest BCUT2D eigenvalue weighted by atomic mass is 10.1. The maximum atomic E-state index is 11.1. The zero-order chi connectivity index (χ0) is 8.97. The lowest BCUT2D eigenvalue weighted by molar-refractivity contribution is 0.0998. The molecule has 0 bridgehead atoms. The minimum Gasteiger partial charge on any atom is -0.399 e. The van der Waals surface area contributed by atoms with Crippen molar-refractivity contribution in [1.82, 2.24) is 0 Å². The monoisotopic (exact) mass is 196 g/mol. The number of ketones is 1. The second-order valence-corrected chi connectivity index (χ2v) is 2.38. The molecule has 0 aromatic heterocycles. The lowest BCUT2D eigenvalue weighted by Gasteiger charge is -1.96. The first-order valence-corrected chi connectivity index (χ1v) is 3.49. The fraction of sp³-hybridized carbons (Fsp3) is 0.111. The number of nitrogen functional groups attached to an aromatic ring is 1. The molecular weight excluding hydrogens is 188 g/mol. The van der Waals surface area contributed by atoms with E-state index in [1.807, 2.05) is 0 Å². The van der Waals surface area contributed by atoms with Crippen LogP contribution in [-0.4, -0.2) is 5.78 Å². The Bertz CT molecular complexity index is 344. The van der Waals surface area contributed by atoms with Crippen LogP contribution in [0.15, 0.2) is 24.3 Å². The Morgan fingerprint density at radius 2 is 2.23 bits per heavy atom. The van der Waals surface area contributed by atoms with E-state index in [0.717, 1.165) is 0 Å². The number of nitrogens with two attached hydrogens (primary N) is 1. The van der Waals surface area contributed by atoms with Crippen LogP contribution >= 0.6 is 12.4 Å². The number of hydrogen-bond acceptors (Lipinski definition) is 3. The van der Waals surface area contributed by atoms with Crippen molar-refractivity contribution in [3.8, 4) is 6.07 Å². The van der Waals surface area contributed by atoms with E-state index in [1.165, 1.54) is 0 Å². The molecule has 0 saturated heterocycles. The van der Waals surface area contributed by atoms with Crippen molar-refractivity contribution in [3.63, 3.8) is 0 Å². The molecule has 0 amide bonds. The Hall–Kier alpha value is -1.53. The first-order valence-electron chi connectivity index (χ1n) is 3.49. The van der Waals surface area contributed by atoms with Crippen molar-refractivity contribution < 1.29 is 4.79 Å². The van der Waals surface area contributed by atoms with Gasteiger partial charge in [-0.3, -0.25) is 4.79 Å². The van der Waals surface area contributed by atoms with Gasteiger partial charge in [0.25, 0.3) is 0 Å². The largest absolute Gasteiger partial charge is 0.399 e. The second kappa shape index (κ2) is 5.18. The molecule has 0 saturated carbocycles. The molecule has 0 aliphatic heterocycles. The number of nitrogens with zero attached hydrogens (tertiary/aromatic N) is 1. The molecule has 2 N–H and O–H groups in total. The van der Waals surface area contributed by atoms with Gasteiger partial charge < -0.3 is 5.73 Å². The molecule has 13 heavy (non-hydrogen) atoms. The van der Waals surface area contributed by atoms with Gasteiger partial charge in [-0.15, -0.1) is 12.4 Å². The van der Waals surface area contributed by atoms with E-state index in [1.54, 1.807) is 30.3 Å². The van der Waals surface area contributed by atoms with Gasteiger partial charge >= 0.3 is 0 Å². The molecule has 1 rings (SSSR count). The van der Waals surface area contributed by atoms with Gasteiger partial charge in [0.2, 0.25) is 0 Å². The van der Waals surface area contributed by atoms with Crippen LogP contribution in [0.3, 0.4) is 0 Å². The van der Waals surface area contributed by atoms with Gasteiger partial charge in [-0.2, -0.15) is 5.26 Å². The van der Waals surface area contributed by atoms with Gasteiger partial charge in [-0.05, 0) is 12.1 Å². The van der Waals surface area contributed by atoms with Crippen LogP contribution in [0.25, 0.3) is 0 Å². The molecule has 3 nitrogen and oxygen atoms in total. The highest BCUT2D eigenvalue weighted by Gasteiger charge is 2.03. The van der Waals surface area contributed by atoms with Crippen LogP contribution in [0.4, 0.5) is 5.69 Å². The first kappa shape index (κ1) is 11.5. The fourth-order valence-electron chi connectivity index (χ4n) is 0.886. The summed E-state index contributed by atoms with van der Waals surface area (Å²) in [6.45, 7) is 0. The highest BCUT2D eigenvalue weighted by Crippen LogP contribution is 2.08. The SMILES string of the molecule is Cl.N#CCC(=O)c1cccc(N)c1. The average molecular weight is 197 g/mol. The molecule has 0 atom stereocenters. The number of rotatable bonds is 2. The topological polar surface area (TPSA) is 66.9 Å². The highest BCUT2D eigenvalue weighted by molar-refractivity contribution is 5.98. The van der Waals surface area contributed by atoms with E-state index in [4.69, 9.17) is 11.0 Å². The number of halogens is 1. The maximum Gasteiger partial charge on any atom is 0.176 e. The molecule has 4 heteroatoms. The molecular formula is C9H9ClN2O. The minimum atomic E-state index is -0.190. The number of anilines is 1. The minimum absolute atomic E-state index is 0. The van der Waals surface area contributed by atoms with E-state index >= 15 is 0 Å². The van der Waals surface area contributed by atoms with Crippen molar-refractivity contribution in [2.24, 2.45) is 0 Å². The molecule has 0 heterocycles. The zero-order valence-electron chi connectivity index (χ0n) is 6.86. The summed E-state index contributed by atoms with van der Waals surface area (Å²) in [5, 5.41) is 8.27. The number of hydrogen-bond donors (Lipinski definition) is 1. The lowest BCUT2D eigenvalue weighted by Crippen LogP contribution is -1.98. The first-order chi connectivity index (χ1) is 5.74. The predicted molar refractivity (Wildman–Crippen MR) is 52.7 cm³/mol. The number of carbonyl (C=O) groups excluding carboxylic acids is 1. The molecule has 0 spiro atoms. The standard InChI is InChI=1S/C9H8N2O.ClH/c10-5-4-9(12)7-2-1-3-8(11)6-7;/h1-3,6H,4,11H2;1H. The summed E-state index contributed by atoms with van der Waals surface area (Å²) >= 11 is 0. The Kier molecular flexibility index (Phi) is 4.57. The summed E-state index contributed by atoms with van der Waals surface area (Å²) in [6, 6.07) is 8.40. The molecule has 68 valence electrons. The Morgan fingerprint density at radius 1 is 1.54 bits per heavy atom. The predicted octanol–water partition coefficient (Wildman–Crippen LogP) is 1.79. The van der Waals surface area contributed by atoms with E-state index in [-0.39, 0.29) is 24.6 Å². The van der Waals surface area contributed by atoms with Gasteiger partial charge in [0.15, 0.2) is 5.78 Å². The Balaban J connectivity index is 0.00000144. The van der Waals surface area contributed by atoms with Crippen LogP contribution in [0.2, 0.25) is 0 Å². The molecule has 1 aromatic rings. The average Bonchev–Trinajstić information content (AvgIpc) is 2.05. The third-order valence-corrected chi connectivity index (χ3v) is 1.45. The highest BCUT2D eigenvalue weighted by atomic mass is 35.5. The van der Waals surface area contributed by atoms with Crippen LogP contribution in [-0.2, 0) is 0 Å².